The topological polar surface area (TPSA) is 75.7 Å². The number of para-hydroxylation sites is 1. The van der Waals surface area contributed by atoms with Gasteiger partial charge in [0.15, 0.2) is 0 Å². The van der Waals surface area contributed by atoms with Gasteiger partial charge in [-0.1, -0.05) is 36.4 Å². The molecule has 1 aliphatic rings. The Hall–Kier alpha value is -3.36. The normalized spacial score (nSPS) is 16.8. The van der Waals surface area contributed by atoms with Gasteiger partial charge in [0.2, 0.25) is 11.7 Å². The van der Waals surface area contributed by atoms with Crippen LogP contribution >= 0.6 is 0 Å². The standard InChI is InChI=1S/C20H17F3N2O4/c1-25-11-15(17(26)19(25)28)18(27)24-10-12-5-4-6-13(9-12)14-7-2-3-8-16(14)29-20(21,22)23/h2-9,15H,10-11H2,1H3,(H,24,27). The molecule has 1 N–H and O–H groups in total. The number of ether oxygens (including phenoxy) is 1. The molecule has 1 unspecified atom stereocenters. The van der Waals surface area contributed by atoms with E-state index in [2.05, 4.69) is 10.1 Å². The van der Waals surface area contributed by atoms with E-state index in [1.165, 1.54) is 30.1 Å². The number of hydrogen-bond donors (Lipinski definition) is 1. The van der Waals surface area contributed by atoms with Crippen molar-refractivity contribution in [3.8, 4) is 16.9 Å². The van der Waals surface area contributed by atoms with Crippen molar-refractivity contribution < 1.29 is 32.3 Å². The van der Waals surface area contributed by atoms with E-state index >= 15 is 0 Å². The number of carbonyl (C=O) groups excluding carboxylic acids is 3. The fraction of sp³-hybridized carbons (Fsp3) is 0.250. The largest absolute Gasteiger partial charge is 0.573 e. The zero-order valence-corrected chi connectivity index (χ0v) is 15.3. The predicted octanol–water partition coefficient (Wildman–Crippen LogP) is 2.53. The van der Waals surface area contributed by atoms with Crippen LogP contribution in [0.2, 0.25) is 0 Å². The highest BCUT2D eigenvalue weighted by atomic mass is 19.4. The number of hydrogen-bond acceptors (Lipinski definition) is 4. The summed E-state index contributed by atoms with van der Waals surface area (Å²) < 4.78 is 42.0. The number of carbonyl (C=O) groups is 3. The predicted molar refractivity (Wildman–Crippen MR) is 96.5 cm³/mol. The quantitative estimate of drug-likeness (QED) is 0.612. The summed E-state index contributed by atoms with van der Waals surface area (Å²) in [5, 5.41) is 2.59. The monoisotopic (exact) mass is 406 g/mol. The van der Waals surface area contributed by atoms with Crippen LogP contribution in [0, 0.1) is 5.92 Å². The molecule has 2 aromatic carbocycles. The van der Waals surface area contributed by atoms with Crippen molar-refractivity contribution in [2.24, 2.45) is 5.92 Å². The van der Waals surface area contributed by atoms with Crippen molar-refractivity contribution in [1.82, 2.24) is 10.2 Å². The molecule has 0 saturated carbocycles. The van der Waals surface area contributed by atoms with Crippen LogP contribution in [0.3, 0.4) is 0 Å². The molecule has 1 saturated heterocycles. The summed E-state index contributed by atoms with van der Waals surface area (Å²) in [6, 6.07) is 12.3. The SMILES string of the molecule is CN1CC(C(=O)NCc2cccc(-c3ccccc3OC(F)(F)F)c2)C(=O)C1=O. The average molecular weight is 406 g/mol. The highest BCUT2D eigenvalue weighted by molar-refractivity contribution is 6.42. The Kier molecular flexibility index (Phi) is 5.58. The Morgan fingerprint density at radius 3 is 2.55 bits per heavy atom. The van der Waals surface area contributed by atoms with Gasteiger partial charge in [-0.25, -0.2) is 0 Å². The van der Waals surface area contributed by atoms with Crippen LogP contribution in [0.1, 0.15) is 5.56 Å². The Morgan fingerprint density at radius 2 is 1.90 bits per heavy atom. The molecule has 0 radical (unpaired) electrons. The zero-order valence-electron chi connectivity index (χ0n) is 15.3. The smallest absolute Gasteiger partial charge is 0.405 e. The highest BCUT2D eigenvalue weighted by Gasteiger charge is 2.41. The molecule has 2 aromatic rings. The Morgan fingerprint density at radius 1 is 1.17 bits per heavy atom. The van der Waals surface area contributed by atoms with Crippen molar-refractivity contribution in [2.45, 2.75) is 12.9 Å². The lowest BCUT2D eigenvalue weighted by Crippen LogP contribution is -2.35. The van der Waals surface area contributed by atoms with Gasteiger partial charge in [-0.05, 0) is 23.3 Å². The first-order valence-corrected chi connectivity index (χ1v) is 8.67. The summed E-state index contributed by atoms with van der Waals surface area (Å²) in [7, 11) is 1.44. The van der Waals surface area contributed by atoms with Gasteiger partial charge in [-0.3, -0.25) is 14.4 Å². The molecule has 0 aromatic heterocycles. The summed E-state index contributed by atoms with van der Waals surface area (Å²) in [5.41, 5.74) is 1.34. The minimum absolute atomic E-state index is 0.0195. The number of Topliss-reactive ketones (excluding diaryl/α,β-unsaturated/α-hetero) is 1. The van der Waals surface area contributed by atoms with Crippen LogP contribution in [0.25, 0.3) is 11.1 Å². The van der Waals surface area contributed by atoms with E-state index in [0.29, 0.717) is 11.1 Å². The summed E-state index contributed by atoms with van der Waals surface area (Å²) >= 11 is 0. The van der Waals surface area contributed by atoms with E-state index in [1.54, 1.807) is 30.3 Å². The number of rotatable bonds is 5. The summed E-state index contributed by atoms with van der Waals surface area (Å²) in [6.45, 7) is 0.0718. The van der Waals surface area contributed by atoms with Crippen LogP contribution in [-0.4, -0.2) is 42.5 Å². The molecule has 2 amide bonds. The van der Waals surface area contributed by atoms with Crippen LogP contribution in [0.15, 0.2) is 48.5 Å². The molecule has 1 aliphatic heterocycles. The minimum Gasteiger partial charge on any atom is -0.405 e. The van der Waals surface area contributed by atoms with E-state index in [0.717, 1.165) is 0 Å². The van der Waals surface area contributed by atoms with Gasteiger partial charge in [0, 0.05) is 25.7 Å². The summed E-state index contributed by atoms with van der Waals surface area (Å²) in [4.78, 5) is 36.7. The number of benzene rings is 2. The average Bonchev–Trinajstić information content (AvgIpc) is 2.93. The van der Waals surface area contributed by atoms with E-state index in [1.807, 2.05) is 0 Å². The molecule has 1 fully saturated rings. The number of alkyl halides is 3. The molecule has 1 atom stereocenters. The molecular formula is C20H17F3N2O4. The van der Waals surface area contributed by atoms with Crippen molar-refractivity contribution >= 4 is 17.6 Å². The van der Waals surface area contributed by atoms with Gasteiger partial charge in [0.1, 0.15) is 11.7 Å². The molecule has 3 rings (SSSR count). The third kappa shape index (κ3) is 4.74. The van der Waals surface area contributed by atoms with Gasteiger partial charge in [-0.2, -0.15) is 0 Å². The number of nitrogens with zero attached hydrogens (tertiary/aromatic N) is 1. The number of likely N-dealkylation sites (N-methyl/N-ethyl adjacent to an activating group) is 1. The second-order valence-electron chi connectivity index (χ2n) is 6.56. The van der Waals surface area contributed by atoms with Crippen molar-refractivity contribution in [1.29, 1.82) is 0 Å². The Labute approximate surface area is 164 Å². The van der Waals surface area contributed by atoms with Gasteiger partial charge >= 0.3 is 6.36 Å². The van der Waals surface area contributed by atoms with Crippen molar-refractivity contribution in [3.63, 3.8) is 0 Å². The molecule has 0 bridgehead atoms. The molecule has 29 heavy (non-hydrogen) atoms. The fourth-order valence-corrected chi connectivity index (χ4v) is 3.06. The maximum absolute atomic E-state index is 12.6. The number of nitrogens with one attached hydrogen (secondary N) is 1. The third-order valence-electron chi connectivity index (χ3n) is 4.46. The van der Waals surface area contributed by atoms with Crippen LogP contribution < -0.4 is 10.1 Å². The van der Waals surface area contributed by atoms with Gasteiger partial charge in [0.25, 0.3) is 5.91 Å². The first kappa shape index (κ1) is 20.4. The fourth-order valence-electron chi connectivity index (χ4n) is 3.06. The second kappa shape index (κ2) is 7.94. The molecular weight excluding hydrogens is 389 g/mol. The van der Waals surface area contributed by atoms with Crippen molar-refractivity contribution in [2.75, 3.05) is 13.6 Å². The van der Waals surface area contributed by atoms with E-state index in [4.69, 9.17) is 0 Å². The van der Waals surface area contributed by atoms with Crippen LogP contribution in [0.5, 0.6) is 5.75 Å². The number of halogens is 3. The first-order valence-electron chi connectivity index (χ1n) is 8.67. The van der Waals surface area contributed by atoms with E-state index in [-0.39, 0.29) is 24.4 Å². The third-order valence-corrected chi connectivity index (χ3v) is 4.46. The highest BCUT2D eigenvalue weighted by Crippen LogP contribution is 2.34. The van der Waals surface area contributed by atoms with Gasteiger partial charge in [-0.15, -0.1) is 13.2 Å². The van der Waals surface area contributed by atoms with Crippen LogP contribution in [-0.2, 0) is 20.9 Å². The molecule has 0 aliphatic carbocycles. The molecule has 9 heteroatoms. The van der Waals surface area contributed by atoms with Crippen LogP contribution in [0.4, 0.5) is 13.2 Å². The minimum atomic E-state index is -4.82. The molecule has 152 valence electrons. The maximum atomic E-state index is 12.6. The lowest BCUT2D eigenvalue weighted by molar-refractivity contribution is -0.274. The van der Waals surface area contributed by atoms with Crippen molar-refractivity contribution in [3.05, 3.63) is 54.1 Å². The van der Waals surface area contributed by atoms with E-state index in [9.17, 15) is 27.6 Å². The van der Waals surface area contributed by atoms with E-state index < -0.39 is 29.9 Å². The molecule has 6 nitrogen and oxygen atoms in total. The van der Waals surface area contributed by atoms with Gasteiger partial charge < -0.3 is 15.0 Å². The van der Waals surface area contributed by atoms with Gasteiger partial charge in [0.05, 0.1) is 0 Å². The summed E-state index contributed by atoms with van der Waals surface area (Å²) in [5.74, 6) is -3.42. The summed E-state index contributed by atoms with van der Waals surface area (Å²) in [6.07, 6.45) is -4.82. The Balaban J connectivity index is 1.74. The Bertz CT molecular complexity index is 959. The molecule has 1 heterocycles. The second-order valence-corrected chi connectivity index (χ2v) is 6.56. The number of likely N-dealkylation sites (tertiary alicyclic amines) is 1. The number of amides is 2. The first-order chi connectivity index (χ1) is 13.7. The lowest BCUT2D eigenvalue weighted by Gasteiger charge is -2.14. The maximum Gasteiger partial charge on any atom is 0.573 e. The number of ketones is 1. The zero-order chi connectivity index (χ0) is 21.2. The molecule has 0 spiro atoms. The lowest BCUT2D eigenvalue weighted by atomic mass is 10.0.